The van der Waals surface area contributed by atoms with Gasteiger partial charge < -0.3 is 0 Å². The van der Waals surface area contributed by atoms with Gasteiger partial charge in [0.2, 0.25) is 0 Å². The lowest BCUT2D eigenvalue weighted by atomic mass is 10.1. The first-order chi connectivity index (χ1) is 8.13. The van der Waals surface area contributed by atoms with E-state index in [0.29, 0.717) is 5.56 Å². The van der Waals surface area contributed by atoms with E-state index < -0.39 is 0 Å². The maximum Gasteiger partial charge on any atom is 0.153 e. The summed E-state index contributed by atoms with van der Waals surface area (Å²) < 4.78 is 2.75. The number of carbonyl (C=O) groups excluding carboxylic acids is 1. The Bertz CT molecular complexity index is 546. The Morgan fingerprint density at radius 1 is 1.35 bits per heavy atom. The fourth-order valence-corrected chi connectivity index (χ4v) is 2.09. The molecule has 0 saturated carbocycles. The largest absolute Gasteiger partial charge is 0.298 e. The summed E-state index contributed by atoms with van der Waals surface area (Å²) in [5.74, 6) is 0. The molecule has 1 aromatic heterocycles. The zero-order chi connectivity index (χ0) is 12.4. The molecule has 0 amide bonds. The minimum Gasteiger partial charge on any atom is -0.298 e. The predicted molar refractivity (Wildman–Crippen MR) is 71.1 cm³/mol. The molecule has 1 heterocycles. The standard InChI is InChI=1S/C13H13BrN2O/c1-9(2)16-7-10(8-17)13(15-16)11-5-3-4-6-12(11)14/h3-9H,1-2H3. The molecule has 4 heteroatoms. The van der Waals surface area contributed by atoms with Crippen LogP contribution in [0.2, 0.25) is 0 Å². The van der Waals surface area contributed by atoms with E-state index in [0.717, 1.165) is 22.0 Å². The molecule has 0 radical (unpaired) electrons. The quantitative estimate of drug-likeness (QED) is 0.809. The van der Waals surface area contributed by atoms with Crippen LogP contribution in [0.25, 0.3) is 11.3 Å². The second kappa shape index (κ2) is 4.84. The van der Waals surface area contributed by atoms with Crippen LogP contribution in [-0.4, -0.2) is 16.1 Å². The van der Waals surface area contributed by atoms with Gasteiger partial charge in [0.25, 0.3) is 0 Å². The van der Waals surface area contributed by atoms with Gasteiger partial charge in [0.05, 0.1) is 5.56 Å². The molecular weight excluding hydrogens is 280 g/mol. The van der Waals surface area contributed by atoms with Crippen molar-refractivity contribution >= 4 is 22.2 Å². The molecule has 0 aliphatic rings. The van der Waals surface area contributed by atoms with Crippen LogP contribution < -0.4 is 0 Å². The summed E-state index contributed by atoms with van der Waals surface area (Å²) >= 11 is 3.48. The number of hydrogen-bond acceptors (Lipinski definition) is 2. The van der Waals surface area contributed by atoms with Crippen molar-refractivity contribution in [2.24, 2.45) is 0 Å². The number of aromatic nitrogens is 2. The molecule has 2 aromatic rings. The van der Waals surface area contributed by atoms with Gasteiger partial charge in [-0.3, -0.25) is 9.48 Å². The number of hydrogen-bond donors (Lipinski definition) is 0. The number of benzene rings is 1. The number of halogens is 1. The molecule has 0 fully saturated rings. The summed E-state index contributed by atoms with van der Waals surface area (Å²) in [5.41, 5.74) is 2.28. The molecule has 0 N–H and O–H groups in total. The Morgan fingerprint density at radius 3 is 2.65 bits per heavy atom. The lowest BCUT2D eigenvalue weighted by Gasteiger charge is -2.04. The molecule has 0 bridgehead atoms. The highest BCUT2D eigenvalue weighted by molar-refractivity contribution is 9.10. The first-order valence-corrected chi connectivity index (χ1v) is 6.22. The van der Waals surface area contributed by atoms with Crippen LogP contribution in [0.3, 0.4) is 0 Å². The minimum absolute atomic E-state index is 0.241. The fraction of sp³-hybridized carbons (Fsp3) is 0.231. The van der Waals surface area contributed by atoms with Gasteiger partial charge in [-0.05, 0) is 19.9 Å². The van der Waals surface area contributed by atoms with E-state index in [1.54, 1.807) is 10.9 Å². The maximum absolute atomic E-state index is 11.1. The van der Waals surface area contributed by atoms with E-state index in [1.165, 1.54) is 0 Å². The molecule has 3 nitrogen and oxygen atoms in total. The van der Waals surface area contributed by atoms with Gasteiger partial charge in [0.15, 0.2) is 6.29 Å². The third kappa shape index (κ3) is 2.31. The van der Waals surface area contributed by atoms with Crippen molar-refractivity contribution in [1.82, 2.24) is 9.78 Å². The van der Waals surface area contributed by atoms with Gasteiger partial charge in [-0.25, -0.2) is 0 Å². The number of rotatable bonds is 3. The molecule has 17 heavy (non-hydrogen) atoms. The van der Waals surface area contributed by atoms with Gasteiger partial charge in [0.1, 0.15) is 5.69 Å². The zero-order valence-electron chi connectivity index (χ0n) is 9.72. The number of nitrogens with zero attached hydrogens (tertiary/aromatic N) is 2. The fourth-order valence-electron chi connectivity index (χ4n) is 1.62. The van der Waals surface area contributed by atoms with Crippen molar-refractivity contribution in [2.45, 2.75) is 19.9 Å². The van der Waals surface area contributed by atoms with Crippen LogP contribution in [-0.2, 0) is 0 Å². The molecule has 0 aliphatic carbocycles. The van der Waals surface area contributed by atoms with Crippen molar-refractivity contribution in [1.29, 1.82) is 0 Å². The second-order valence-corrected chi connectivity index (χ2v) is 4.96. The van der Waals surface area contributed by atoms with E-state index >= 15 is 0 Å². The van der Waals surface area contributed by atoms with Gasteiger partial charge in [-0.15, -0.1) is 0 Å². The van der Waals surface area contributed by atoms with Crippen LogP contribution in [0.5, 0.6) is 0 Å². The predicted octanol–water partition coefficient (Wildman–Crippen LogP) is 3.71. The van der Waals surface area contributed by atoms with E-state index in [4.69, 9.17) is 0 Å². The first-order valence-electron chi connectivity index (χ1n) is 5.42. The topological polar surface area (TPSA) is 34.9 Å². The van der Waals surface area contributed by atoms with E-state index in [9.17, 15) is 4.79 Å². The third-order valence-corrected chi connectivity index (χ3v) is 3.24. The maximum atomic E-state index is 11.1. The van der Waals surface area contributed by atoms with E-state index in [1.807, 2.05) is 38.1 Å². The zero-order valence-corrected chi connectivity index (χ0v) is 11.3. The van der Waals surface area contributed by atoms with Crippen molar-refractivity contribution in [3.63, 3.8) is 0 Å². The molecule has 0 atom stereocenters. The SMILES string of the molecule is CC(C)n1cc(C=O)c(-c2ccccc2Br)n1. The van der Waals surface area contributed by atoms with Crippen molar-refractivity contribution in [2.75, 3.05) is 0 Å². The molecule has 0 aliphatic heterocycles. The molecule has 0 unspecified atom stereocenters. The number of carbonyl (C=O) groups is 1. The molecule has 2 rings (SSSR count). The summed E-state index contributed by atoms with van der Waals surface area (Å²) in [5, 5.41) is 4.47. The van der Waals surface area contributed by atoms with Crippen LogP contribution >= 0.6 is 15.9 Å². The van der Waals surface area contributed by atoms with Gasteiger partial charge in [0, 0.05) is 22.3 Å². The highest BCUT2D eigenvalue weighted by Gasteiger charge is 2.13. The minimum atomic E-state index is 0.241. The lowest BCUT2D eigenvalue weighted by molar-refractivity contribution is 0.112. The van der Waals surface area contributed by atoms with E-state index in [2.05, 4.69) is 21.0 Å². The Labute approximate surface area is 109 Å². The smallest absolute Gasteiger partial charge is 0.153 e. The van der Waals surface area contributed by atoms with Gasteiger partial charge >= 0.3 is 0 Å². The van der Waals surface area contributed by atoms with Crippen LogP contribution in [0.15, 0.2) is 34.9 Å². The molecular formula is C13H13BrN2O. The molecule has 0 spiro atoms. The molecule has 0 saturated heterocycles. The third-order valence-electron chi connectivity index (χ3n) is 2.55. The normalized spacial score (nSPS) is 10.8. The summed E-state index contributed by atoms with van der Waals surface area (Å²) in [6.07, 6.45) is 2.63. The van der Waals surface area contributed by atoms with Crippen molar-refractivity contribution in [3.05, 3.63) is 40.5 Å². The summed E-state index contributed by atoms with van der Waals surface area (Å²) in [6, 6.07) is 8.00. The monoisotopic (exact) mass is 292 g/mol. The highest BCUT2D eigenvalue weighted by Crippen LogP contribution is 2.29. The van der Waals surface area contributed by atoms with Gasteiger partial charge in [-0.1, -0.05) is 34.1 Å². The number of aldehydes is 1. The Morgan fingerprint density at radius 2 is 2.06 bits per heavy atom. The average molecular weight is 293 g/mol. The summed E-state index contributed by atoms with van der Waals surface area (Å²) in [4.78, 5) is 11.1. The summed E-state index contributed by atoms with van der Waals surface area (Å²) in [6.45, 7) is 4.07. The molecule has 88 valence electrons. The lowest BCUT2D eigenvalue weighted by Crippen LogP contribution is -2.00. The van der Waals surface area contributed by atoms with Crippen LogP contribution in [0.1, 0.15) is 30.2 Å². The van der Waals surface area contributed by atoms with Crippen molar-refractivity contribution in [3.8, 4) is 11.3 Å². The van der Waals surface area contributed by atoms with E-state index in [-0.39, 0.29) is 6.04 Å². The summed E-state index contributed by atoms with van der Waals surface area (Å²) in [7, 11) is 0. The second-order valence-electron chi connectivity index (χ2n) is 4.10. The van der Waals surface area contributed by atoms with Crippen LogP contribution in [0.4, 0.5) is 0 Å². The van der Waals surface area contributed by atoms with Crippen molar-refractivity contribution < 1.29 is 4.79 Å². The Balaban J connectivity index is 2.59. The average Bonchev–Trinajstić information content (AvgIpc) is 2.73. The first kappa shape index (κ1) is 12.0. The Hall–Kier alpha value is -1.42. The van der Waals surface area contributed by atoms with Gasteiger partial charge in [-0.2, -0.15) is 5.10 Å². The van der Waals surface area contributed by atoms with Crippen LogP contribution in [0, 0.1) is 0 Å². The highest BCUT2D eigenvalue weighted by atomic mass is 79.9. The Kier molecular flexibility index (Phi) is 3.43. The molecule has 1 aromatic carbocycles.